The van der Waals surface area contributed by atoms with Crippen LogP contribution in [0.25, 0.3) is 10.1 Å². The van der Waals surface area contributed by atoms with Gasteiger partial charge in [-0.05, 0) is 25.1 Å². The summed E-state index contributed by atoms with van der Waals surface area (Å²) in [5.74, 6) is 0.215. The molecule has 0 amide bonds. The summed E-state index contributed by atoms with van der Waals surface area (Å²) in [7, 11) is 0. The van der Waals surface area contributed by atoms with Gasteiger partial charge < -0.3 is 0 Å². The minimum atomic E-state index is 0.215. The SMILES string of the molecule is CC(=O)Cc1cc2c(Br)cccc2s1. The van der Waals surface area contributed by atoms with Gasteiger partial charge in [-0.2, -0.15) is 0 Å². The second-order valence-electron chi connectivity index (χ2n) is 3.24. The molecule has 14 heavy (non-hydrogen) atoms. The van der Waals surface area contributed by atoms with Gasteiger partial charge in [0.25, 0.3) is 0 Å². The molecule has 1 aromatic carbocycles. The predicted octanol–water partition coefficient (Wildman–Crippen LogP) is 3.80. The van der Waals surface area contributed by atoms with E-state index in [1.165, 1.54) is 10.1 Å². The number of carbonyl (C=O) groups is 1. The van der Waals surface area contributed by atoms with Crippen molar-refractivity contribution in [3.8, 4) is 0 Å². The first-order valence-corrected chi connectivity index (χ1v) is 5.94. The lowest BCUT2D eigenvalue weighted by molar-refractivity contribution is -0.116. The largest absolute Gasteiger partial charge is 0.300 e. The van der Waals surface area contributed by atoms with Crippen LogP contribution in [-0.2, 0) is 11.2 Å². The molecular weight excluding hydrogens is 260 g/mol. The standard InChI is InChI=1S/C11H9BrOS/c1-7(13)5-8-6-9-10(12)3-2-4-11(9)14-8/h2-4,6H,5H2,1H3. The fraction of sp³-hybridized carbons (Fsp3) is 0.182. The Morgan fingerprint density at radius 2 is 2.29 bits per heavy atom. The van der Waals surface area contributed by atoms with Crippen molar-refractivity contribution in [3.05, 3.63) is 33.6 Å². The fourth-order valence-corrected chi connectivity index (χ4v) is 3.18. The summed E-state index contributed by atoms with van der Waals surface area (Å²) in [5, 5.41) is 1.20. The van der Waals surface area contributed by atoms with Crippen molar-refractivity contribution >= 4 is 43.1 Å². The van der Waals surface area contributed by atoms with E-state index in [4.69, 9.17) is 0 Å². The van der Waals surface area contributed by atoms with Crippen molar-refractivity contribution < 1.29 is 4.79 Å². The second kappa shape index (κ2) is 3.83. The smallest absolute Gasteiger partial charge is 0.135 e. The van der Waals surface area contributed by atoms with Crippen LogP contribution in [0.4, 0.5) is 0 Å². The Morgan fingerprint density at radius 3 is 2.93 bits per heavy atom. The van der Waals surface area contributed by atoms with Crippen molar-refractivity contribution in [2.24, 2.45) is 0 Å². The maximum atomic E-state index is 11.0. The molecule has 0 saturated heterocycles. The molecular formula is C11H9BrOS. The zero-order valence-corrected chi connectivity index (χ0v) is 10.1. The third-order valence-electron chi connectivity index (χ3n) is 1.98. The monoisotopic (exact) mass is 268 g/mol. The number of halogens is 1. The molecule has 1 heterocycles. The Balaban J connectivity index is 2.51. The number of hydrogen-bond acceptors (Lipinski definition) is 2. The number of thiophene rings is 1. The average Bonchev–Trinajstić information content (AvgIpc) is 2.47. The molecule has 0 unspecified atom stereocenters. The van der Waals surface area contributed by atoms with Crippen molar-refractivity contribution in [2.75, 3.05) is 0 Å². The number of fused-ring (bicyclic) bond motifs is 1. The molecule has 0 N–H and O–H groups in total. The molecule has 0 atom stereocenters. The normalized spacial score (nSPS) is 10.7. The topological polar surface area (TPSA) is 17.1 Å². The minimum absolute atomic E-state index is 0.215. The maximum Gasteiger partial charge on any atom is 0.135 e. The molecule has 2 rings (SSSR count). The Bertz CT molecular complexity index is 487. The van der Waals surface area contributed by atoms with Gasteiger partial charge in [-0.25, -0.2) is 0 Å². The number of Topliss-reactive ketones (excluding diaryl/α,β-unsaturated/α-hetero) is 1. The number of carbonyl (C=O) groups excluding carboxylic acids is 1. The van der Waals surface area contributed by atoms with Gasteiger partial charge in [0, 0.05) is 25.9 Å². The summed E-state index contributed by atoms with van der Waals surface area (Å²) in [6, 6.07) is 8.20. The Hall–Kier alpha value is -0.670. The zero-order valence-electron chi connectivity index (χ0n) is 7.71. The highest BCUT2D eigenvalue weighted by molar-refractivity contribution is 9.10. The Kier molecular flexibility index (Phi) is 2.70. The molecule has 0 spiro atoms. The lowest BCUT2D eigenvalue weighted by atomic mass is 10.2. The molecule has 0 saturated carbocycles. The first-order chi connectivity index (χ1) is 6.66. The summed E-state index contributed by atoms with van der Waals surface area (Å²) in [6.45, 7) is 1.62. The van der Waals surface area contributed by atoms with Gasteiger partial charge in [0.1, 0.15) is 5.78 Å². The van der Waals surface area contributed by atoms with Crippen LogP contribution in [-0.4, -0.2) is 5.78 Å². The zero-order chi connectivity index (χ0) is 10.1. The molecule has 0 bridgehead atoms. The molecule has 3 heteroatoms. The number of rotatable bonds is 2. The van der Waals surface area contributed by atoms with E-state index in [9.17, 15) is 4.79 Å². The van der Waals surface area contributed by atoms with Crippen molar-refractivity contribution in [1.29, 1.82) is 0 Å². The van der Waals surface area contributed by atoms with Crippen molar-refractivity contribution in [2.45, 2.75) is 13.3 Å². The van der Waals surface area contributed by atoms with Crippen LogP contribution in [0.15, 0.2) is 28.7 Å². The van der Waals surface area contributed by atoms with Gasteiger partial charge in [-0.3, -0.25) is 4.79 Å². The molecule has 72 valence electrons. The van der Waals surface area contributed by atoms with Gasteiger partial charge in [0.15, 0.2) is 0 Å². The van der Waals surface area contributed by atoms with Gasteiger partial charge in [-0.1, -0.05) is 22.0 Å². The molecule has 0 aliphatic heterocycles. The molecule has 2 aromatic rings. The fourth-order valence-electron chi connectivity index (χ4n) is 1.41. The van der Waals surface area contributed by atoms with Gasteiger partial charge in [0.2, 0.25) is 0 Å². The summed E-state index contributed by atoms with van der Waals surface area (Å²) < 4.78 is 2.33. The maximum absolute atomic E-state index is 11.0. The average molecular weight is 269 g/mol. The summed E-state index contributed by atoms with van der Waals surface area (Å²) in [6.07, 6.45) is 0.547. The van der Waals surface area contributed by atoms with Crippen molar-refractivity contribution in [1.82, 2.24) is 0 Å². The lowest BCUT2D eigenvalue weighted by Crippen LogP contribution is -1.92. The quantitative estimate of drug-likeness (QED) is 0.810. The van der Waals surface area contributed by atoms with E-state index in [1.54, 1.807) is 18.3 Å². The van der Waals surface area contributed by atoms with Crippen LogP contribution < -0.4 is 0 Å². The summed E-state index contributed by atoms with van der Waals surface area (Å²) in [5.41, 5.74) is 0. The Morgan fingerprint density at radius 1 is 1.50 bits per heavy atom. The van der Waals surface area contributed by atoms with Crippen molar-refractivity contribution in [3.63, 3.8) is 0 Å². The predicted molar refractivity (Wildman–Crippen MR) is 63.9 cm³/mol. The third kappa shape index (κ3) is 1.88. The van der Waals surface area contributed by atoms with E-state index in [1.807, 2.05) is 12.1 Å². The molecule has 1 nitrogen and oxygen atoms in total. The Labute approximate surface area is 94.9 Å². The van der Waals surface area contributed by atoms with E-state index < -0.39 is 0 Å². The lowest BCUT2D eigenvalue weighted by Gasteiger charge is -1.90. The third-order valence-corrected chi connectivity index (χ3v) is 3.77. The van der Waals surface area contributed by atoms with Crippen LogP contribution >= 0.6 is 27.3 Å². The first-order valence-electron chi connectivity index (χ1n) is 4.33. The molecule has 0 radical (unpaired) electrons. The van der Waals surface area contributed by atoms with Crippen LogP contribution in [0, 0.1) is 0 Å². The van der Waals surface area contributed by atoms with Gasteiger partial charge in [-0.15, -0.1) is 11.3 Å². The van der Waals surface area contributed by atoms with E-state index >= 15 is 0 Å². The van der Waals surface area contributed by atoms with E-state index in [0.29, 0.717) is 6.42 Å². The molecule has 0 aliphatic rings. The van der Waals surface area contributed by atoms with Crippen LogP contribution in [0.5, 0.6) is 0 Å². The van der Waals surface area contributed by atoms with Crippen LogP contribution in [0.1, 0.15) is 11.8 Å². The van der Waals surface area contributed by atoms with E-state index in [0.717, 1.165) is 9.35 Å². The molecule has 1 aromatic heterocycles. The van der Waals surface area contributed by atoms with Gasteiger partial charge >= 0.3 is 0 Å². The summed E-state index contributed by atoms with van der Waals surface area (Å²) in [4.78, 5) is 12.1. The van der Waals surface area contributed by atoms with E-state index in [2.05, 4.69) is 28.1 Å². The van der Waals surface area contributed by atoms with Crippen LogP contribution in [0.2, 0.25) is 0 Å². The number of benzene rings is 1. The second-order valence-corrected chi connectivity index (χ2v) is 5.27. The minimum Gasteiger partial charge on any atom is -0.300 e. The highest BCUT2D eigenvalue weighted by atomic mass is 79.9. The van der Waals surface area contributed by atoms with E-state index in [-0.39, 0.29) is 5.78 Å². The molecule has 0 aliphatic carbocycles. The summed E-state index contributed by atoms with van der Waals surface area (Å²) >= 11 is 5.19. The van der Waals surface area contributed by atoms with Crippen LogP contribution in [0.3, 0.4) is 0 Å². The number of hydrogen-bond donors (Lipinski definition) is 0. The highest BCUT2D eigenvalue weighted by Gasteiger charge is 2.05. The molecule has 0 fully saturated rings. The highest BCUT2D eigenvalue weighted by Crippen LogP contribution is 2.31. The first kappa shape index (κ1) is 9.87. The van der Waals surface area contributed by atoms with Gasteiger partial charge in [0.05, 0.1) is 0 Å². The number of ketones is 1.